The van der Waals surface area contributed by atoms with E-state index in [4.69, 9.17) is 32.7 Å². The molecule has 0 radical (unpaired) electrons. The molecule has 0 fully saturated rings. The summed E-state index contributed by atoms with van der Waals surface area (Å²) in [5, 5.41) is 0.841. The van der Waals surface area contributed by atoms with E-state index in [1.807, 2.05) is 81.4 Å². The van der Waals surface area contributed by atoms with Gasteiger partial charge in [0.15, 0.2) is 0 Å². The number of para-hydroxylation sites is 2. The first-order valence-electron chi connectivity index (χ1n) is 10.0. The Bertz CT molecular complexity index is 1090. The summed E-state index contributed by atoms with van der Waals surface area (Å²) in [6.07, 6.45) is 1.67. The number of fused-ring (bicyclic) bond motifs is 1. The van der Waals surface area contributed by atoms with Gasteiger partial charge in [0.1, 0.15) is 15.7 Å². The number of allylic oxidation sites excluding steroid dienone is 1. The summed E-state index contributed by atoms with van der Waals surface area (Å²) in [6, 6.07) is 18.9. The monoisotopic (exact) mass is 457 g/mol. The van der Waals surface area contributed by atoms with Crippen molar-refractivity contribution in [1.82, 2.24) is 4.98 Å². The summed E-state index contributed by atoms with van der Waals surface area (Å²) in [5.41, 5.74) is 0.401. The molecule has 4 nitrogen and oxygen atoms in total. The van der Waals surface area contributed by atoms with E-state index in [0.717, 1.165) is 10.9 Å². The Kier molecular flexibility index (Phi) is 7.24. The Hall–Kier alpha value is -2.56. The van der Waals surface area contributed by atoms with Crippen LogP contribution in [0.5, 0.6) is 11.6 Å². The molecule has 162 valence electrons. The van der Waals surface area contributed by atoms with Gasteiger partial charge < -0.3 is 9.47 Å². The predicted molar refractivity (Wildman–Crippen MR) is 126 cm³/mol. The van der Waals surface area contributed by atoms with Crippen molar-refractivity contribution in [3.63, 3.8) is 0 Å². The minimum Gasteiger partial charge on any atom is -0.468 e. The fraction of sp³-hybridized carbons (Fsp3) is 0.280. The molecule has 6 heteroatoms. The van der Waals surface area contributed by atoms with Crippen LogP contribution >= 0.6 is 23.2 Å². The summed E-state index contributed by atoms with van der Waals surface area (Å²) in [5.74, 6) is 0.167. The van der Waals surface area contributed by atoms with Gasteiger partial charge in [0.05, 0.1) is 12.6 Å². The molecule has 0 spiro atoms. The van der Waals surface area contributed by atoms with E-state index in [1.165, 1.54) is 7.11 Å². The number of benzene rings is 2. The van der Waals surface area contributed by atoms with Crippen molar-refractivity contribution in [2.75, 3.05) is 7.11 Å². The molecule has 0 aliphatic carbocycles. The van der Waals surface area contributed by atoms with E-state index in [0.29, 0.717) is 17.1 Å². The van der Waals surface area contributed by atoms with Gasteiger partial charge in [-0.3, -0.25) is 4.79 Å². The van der Waals surface area contributed by atoms with Gasteiger partial charge in [0.25, 0.3) is 0 Å². The van der Waals surface area contributed by atoms with Gasteiger partial charge in [-0.25, -0.2) is 4.98 Å². The fourth-order valence-electron chi connectivity index (χ4n) is 4.26. The number of methoxy groups -OCH3 is 1. The van der Waals surface area contributed by atoms with Crippen LogP contribution in [0.15, 0.2) is 71.2 Å². The highest BCUT2D eigenvalue weighted by molar-refractivity contribution is 6.55. The van der Waals surface area contributed by atoms with E-state index in [1.54, 1.807) is 6.08 Å². The fourth-order valence-corrected chi connectivity index (χ4v) is 4.64. The second-order valence-corrected chi connectivity index (χ2v) is 8.71. The Morgan fingerprint density at radius 3 is 2.29 bits per heavy atom. The maximum Gasteiger partial charge on any atom is 0.317 e. The SMILES string of the molecule is COC(=O)C(c1cc(Oc2ccccc2)nc2ccccc12)(C(C)C)C(C)C=C(Cl)Cl. The number of hydrogen-bond donors (Lipinski definition) is 0. The Morgan fingerprint density at radius 1 is 1.03 bits per heavy atom. The van der Waals surface area contributed by atoms with Crippen LogP contribution in [0.2, 0.25) is 0 Å². The zero-order valence-corrected chi connectivity index (χ0v) is 19.4. The first-order chi connectivity index (χ1) is 14.8. The molecule has 1 aromatic heterocycles. The third-order valence-corrected chi connectivity index (χ3v) is 5.88. The summed E-state index contributed by atoms with van der Waals surface area (Å²) in [6.45, 7) is 5.88. The zero-order chi connectivity index (χ0) is 22.6. The van der Waals surface area contributed by atoms with E-state index < -0.39 is 5.41 Å². The van der Waals surface area contributed by atoms with Gasteiger partial charge in [-0.15, -0.1) is 0 Å². The molecule has 2 atom stereocenters. The molecule has 3 aromatic rings. The van der Waals surface area contributed by atoms with E-state index in [9.17, 15) is 4.79 Å². The second-order valence-electron chi connectivity index (χ2n) is 7.70. The Morgan fingerprint density at radius 2 is 1.68 bits per heavy atom. The van der Waals surface area contributed by atoms with E-state index >= 15 is 0 Å². The quantitative estimate of drug-likeness (QED) is 0.356. The van der Waals surface area contributed by atoms with Crippen LogP contribution in [0, 0.1) is 11.8 Å². The lowest BCUT2D eigenvalue weighted by Crippen LogP contribution is -2.47. The molecule has 2 aromatic carbocycles. The molecular formula is C25H25Cl2NO3. The molecule has 2 unspecified atom stereocenters. The van der Waals surface area contributed by atoms with Crippen molar-refractivity contribution < 1.29 is 14.3 Å². The minimum absolute atomic E-state index is 0.0977. The van der Waals surface area contributed by atoms with Crippen molar-refractivity contribution in [2.24, 2.45) is 11.8 Å². The molecule has 0 aliphatic heterocycles. The van der Waals surface area contributed by atoms with Crippen LogP contribution in [-0.2, 0) is 14.9 Å². The largest absolute Gasteiger partial charge is 0.468 e. The highest BCUT2D eigenvalue weighted by Crippen LogP contribution is 2.46. The third-order valence-electron chi connectivity index (χ3n) is 5.63. The first kappa shape index (κ1) is 23.1. The topological polar surface area (TPSA) is 48.4 Å². The highest BCUT2D eigenvalue weighted by Gasteiger charge is 2.49. The number of nitrogens with zero attached hydrogens (tertiary/aromatic N) is 1. The lowest BCUT2D eigenvalue weighted by Gasteiger charge is -2.40. The van der Waals surface area contributed by atoms with Crippen LogP contribution in [0.1, 0.15) is 26.3 Å². The molecule has 0 amide bonds. The first-order valence-corrected chi connectivity index (χ1v) is 10.8. The van der Waals surface area contributed by atoms with Crippen molar-refractivity contribution in [3.05, 3.63) is 76.8 Å². The second kappa shape index (κ2) is 9.71. The maximum absolute atomic E-state index is 13.4. The van der Waals surface area contributed by atoms with Gasteiger partial charge in [-0.05, 0) is 41.7 Å². The number of esters is 1. The number of carbonyl (C=O) groups excluding carboxylic acids is 1. The van der Waals surface area contributed by atoms with Gasteiger partial charge in [0.2, 0.25) is 5.88 Å². The third kappa shape index (κ3) is 4.56. The van der Waals surface area contributed by atoms with Crippen LogP contribution in [0.4, 0.5) is 0 Å². The number of rotatable bonds is 7. The van der Waals surface area contributed by atoms with Gasteiger partial charge >= 0.3 is 5.97 Å². The van der Waals surface area contributed by atoms with E-state index in [2.05, 4.69) is 4.98 Å². The number of halogens is 2. The Balaban J connectivity index is 2.33. The van der Waals surface area contributed by atoms with Crippen molar-refractivity contribution in [2.45, 2.75) is 26.2 Å². The van der Waals surface area contributed by atoms with Gasteiger partial charge in [-0.1, -0.05) is 80.4 Å². The maximum atomic E-state index is 13.4. The number of ether oxygens (including phenoxy) is 2. The van der Waals surface area contributed by atoms with Crippen LogP contribution < -0.4 is 4.74 Å². The average Bonchev–Trinajstić information content (AvgIpc) is 2.74. The molecule has 3 rings (SSSR count). The van der Waals surface area contributed by atoms with Crippen molar-refractivity contribution in [1.29, 1.82) is 0 Å². The number of aromatic nitrogens is 1. The highest BCUT2D eigenvalue weighted by atomic mass is 35.5. The van der Waals surface area contributed by atoms with Crippen LogP contribution in [0.25, 0.3) is 10.9 Å². The number of pyridine rings is 1. The average molecular weight is 458 g/mol. The van der Waals surface area contributed by atoms with Gasteiger partial charge in [0, 0.05) is 11.5 Å². The van der Waals surface area contributed by atoms with Crippen molar-refractivity contribution in [3.8, 4) is 11.6 Å². The molecule has 0 aliphatic rings. The molecular weight excluding hydrogens is 433 g/mol. The summed E-state index contributed by atoms with van der Waals surface area (Å²) in [4.78, 5) is 18.1. The summed E-state index contributed by atoms with van der Waals surface area (Å²) in [7, 11) is 1.39. The molecule has 0 saturated carbocycles. The molecule has 31 heavy (non-hydrogen) atoms. The number of carbonyl (C=O) groups is 1. The molecule has 1 heterocycles. The normalized spacial score (nSPS) is 14.0. The van der Waals surface area contributed by atoms with E-state index in [-0.39, 0.29) is 22.3 Å². The predicted octanol–water partition coefficient (Wildman–Crippen LogP) is 7.05. The van der Waals surface area contributed by atoms with Gasteiger partial charge in [-0.2, -0.15) is 0 Å². The van der Waals surface area contributed by atoms with Crippen molar-refractivity contribution >= 4 is 40.1 Å². The standard InChI is InChI=1S/C25H25Cl2NO3/c1-16(2)25(24(29)30-4,17(3)14-22(26)27)20-15-23(31-18-10-6-5-7-11-18)28-21-13-9-8-12-19(20)21/h5-17H,1-4H3. The Labute approximate surface area is 192 Å². The smallest absolute Gasteiger partial charge is 0.317 e. The molecule has 0 bridgehead atoms. The van der Waals surface area contributed by atoms with Crippen LogP contribution in [-0.4, -0.2) is 18.1 Å². The lowest BCUT2D eigenvalue weighted by molar-refractivity contribution is -0.151. The summed E-state index contributed by atoms with van der Waals surface area (Å²) < 4.78 is 11.5. The number of hydrogen-bond acceptors (Lipinski definition) is 4. The minimum atomic E-state index is -1.07. The molecule has 0 saturated heterocycles. The lowest BCUT2D eigenvalue weighted by atomic mass is 9.63. The molecule has 0 N–H and O–H groups in total. The van der Waals surface area contributed by atoms with Crippen LogP contribution in [0.3, 0.4) is 0 Å². The zero-order valence-electron chi connectivity index (χ0n) is 17.9. The summed E-state index contributed by atoms with van der Waals surface area (Å²) >= 11 is 12.0.